The van der Waals surface area contributed by atoms with Crippen LogP contribution in [0.3, 0.4) is 0 Å². The number of amides is 1. The second-order valence-electron chi connectivity index (χ2n) is 8.64. The molecule has 1 saturated heterocycles. The van der Waals surface area contributed by atoms with Crippen LogP contribution in [0.2, 0.25) is 0 Å². The summed E-state index contributed by atoms with van der Waals surface area (Å²) in [6.45, 7) is 13.7. The van der Waals surface area contributed by atoms with Crippen LogP contribution < -0.4 is 15.8 Å². The fourth-order valence-electron chi connectivity index (χ4n) is 3.91. The van der Waals surface area contributed by atoms with Crippen molar-refractivity contribution in [3.05, 3.63) is 51.4 Å². The van der Waals surface area contributed by atoms with Crippen LogP contribution in [0.5, 0.6) is 0 Å². The molecule has 2 heterocycles. The van der Waals surface area contributed by atoms with Gasteiger partial charge >= 0.3 is 0 Å². The molecule has 0 spiro atoms. The molecular formula is C23H33N5O2. The largest absolute Gasteiger partial charge is 0.340 e. The first-order chi connectivity index (χ1) is 14.2. The molecule has 1 aliphatic rings. The van der Waals surface area contributed by atoms with E-state index in [1.807, 2.05) is 6.92 Å². The molecule has 30 heavy (non-hydrogen) atoms. The van der Waals surface area contributed by atoms with E-state index >= 15 is 0 Å². The molecule has 0 aliphatic carbocycles. The van der Waals surface area contributed by atoms with Gasteiger partial charge in [-0.05, 0) is 29.9 Å². The zero-order chi connectivity index (χ0) is 21.8. The number of benzene rings is 1. The van der Waals surface area contributed by atoms with Gasteiger partial charge in [0, 0.05) is 43.6 Å². The summed E-state index contributed by atoms with van der Waals surface area (Å²) in [6.07, 6.45) is 0. The monoisotopic (exact) mass is 411 g/mol. The molecule has 2 N–H and O–H groups in total. The first kappa shape index (κ1) is 22.0. The lowest BCUT2D eigenvalue weighted by Crippen LogP contribution is -2.49. The Morgan fingerprint density at radius 1 is 1.10 bits per heavy atom. The molecule has 1 aliphatic heterocycles. The Balaban J connectivity index is 1.63. The predicted molar refractivity (Wildman–Crippen MR) is 121 cm³/mol. The quantitative estimate of drug-likeness (QED) is 0.763. The third-order valence-electron chi connectivity index (χ3n) is 5.53. The van der Waals surface area contributed by atoms with E-state index in [4.69, 9.17) is 0 Å². The highest BCUT2D eigenvalue weighted by atomic mass is 16.2. The van der Waals surface area contributed by atoms with Crippen LogP contribution in [0.1, 0.15) is 56.4 Å². The molecular weight excluding hydrogens is 378 g/mol. The summed E-state index contributed by atoms with van der Waals surface area (Å²) < 4.78 is 0. The Labute approximate surface area is 178 Å². The van der Waals surface area contributed by atoms with Gasteiger partial charge in [-0.2, -0.15) is 0 Å². The number of piperazine rings is 1. The van der Waals surface area contributed by atoms with Crippen LogP contribution in [0.25, 0.3) is 0 Å². The van der Waals surface area contributed by atoms with Crippen molar-refractivity contribution in [3.63, 3.8) is 0 Å². The average Bonchev–Trinajstić information content (AvgIpc) is 2.67. The number of carbonyl (C=O) groups is 1. The van der Waals surface area contributed by atoms with Gasteiger partial charge in [-0.25, -0.2) is 4.98 Å². The number of rotatable bonds is 6. The summed E-state index contributed by atoms with van der Waals surface area (Å²) >= 11 is 0. The zero-order valence-corrected chi connectivity index (χ0v) is 18.7. The molecule has 3 rings (SSSR count). The number of anilines is 2. The van der Waals surface area contributed by atoms with Crippen LogP contribution in [-0.2, 0) is 4.79 Å². The maximum Gasteiger partial charge on any atom is 0.252 e. The fourth-order valence-corrected chi connectivity index (χ4v) is 3.91. The molecule has 7 heteroatoms. The van der Waals surface area contributed by atoms with Crippen LogP contribution >= 0.6 is 0 Å². The van der Waals surface area contributed by atoms with Crippen molar-refractivity contribution in [3.8, 4) is 0 Å². The van der Waals surface area contributed by atoms with E-state index in [0.717, 1.165) is 31.9 Å². The summed E-state index contributed by atoms with van der Waals surface area (Å²) in [5.74, 6) is 1.30. The van der Waals surface area contributed by atoms with Crippen molar-refractivity contribution in [2.45, 2.75) is 46.5 Å². The van der Waals surface area contributed by atoms with E-state index < -0.39 is 0 Å². The van der Waals surface area contributed by atoms with E-state index in [-0.39, 0.29) is 11.5 Å². The standard InChI is InChI=1S/C23H33N5O2/c1-15(2)18-7-6-8-19(16(3)4)22(18)25-21(30)14-27-9-11-28(12-10-27)23-24-17(5)13-20(29)26-23/h6-8,13,15-16H,9-12,14H2,1-5H3,(H,25,30)(H,24,26,29). The lowest BCUT2D eigenvalue weighted by molar-refractivity contribution is -0.117. The van der Waals surface area contributed by atoms with Crippen molar-refractivity contribution in [1.29, 1.82) is 0 Å². The number of hydrogen-bond donors (Lipinski definition) is 2. The summed E-state index contributed by atoms with van der Waals surface area (Å²) in [7, 11) is 0. The molecule has 7 nitrogen and oxygen atoms in total. The Hall–Kier alpha value is -2.67. The maximum absolute atomic E-state index is 12.8. The topological polar surface area (TPSA) is 81.3 Å². The molecule has 1 amide bonds. The van der Waals surface area contributed by atoms with E-state index in [2.05, 4.69) is 71.0 Å². The Bertz CT molecular complexity index is 917. The highest BCUT2D eigenvalue weighted by Gasteiger charge is 2.22. The molecule has 0 unspecified atom stereocenters. The highest BCUT2D eigenvalue weighted by molar-refractivity contribution is 5.94. The molecule has 0 bridgehead atoms. The van der Waals surface area contributed by atoms with Crippen molar-refractivity contribution >= 4 is 17.5 Å². The second kappa shape index (κ2) is 9.43. The first-order valence-electron chi connectivity index (χ1n) is 10.7. The van der Waals surface area contributed by atoms with E-state index in [0.29, 0.717) is 30.0 Å². The van der Waals surface area contributed by atoms with Gasteiger partial charge in [0.15, 0.2) is 0 Å². The van der Waals surface area contributed by atoms with Crippen LogP contribution in [0.4, 0.5) is 11.6 Å². The van der Waals surface area contributed by atoms with Gasteiger partial charge < -0.3 is 10.2 Å². The molecule has 2 aromatic rings. The fraction of sp³-hybridized carbons (Fsp3) is 0.522. The highest BCUT2D eigenvalue weighted by Crippen LogP contribution is 2.32. The van der Waals surface area contributed by atoms with Crippen molar-refractivity contribution in [2.75, 3.05) is 42.9 Å². The third-order valence-corrected chi connectivity index (χ3v) is 5.53. The van der Waals surface area contributed by atoms with Crippen molar-refractivity contribution in [1.82, 2.24) is 14.9 Å². The van der Waals surface area contributed by atoms with Gasteiger partial charge in [0.05, 0.1) is 6.54 Å². The molecule has 1 fully saturated rings. The Morgan fingerprint density at radius 2 is 1.70 bits per heavy atom. The second-order valence-corrected chi connectivity index (χ2v) is 8.64. The number of aromatic amines is 1. The minimum absolute atomic E-state index is 0.0144. The molecule has 162 valence electrons. The lowest BCUT2D eigenvalue weighted by atomic mass is 9.92. The predicted octanol–water partition coefficient (Wildman–Crippen LogP) is 3.09. The van der Waals surface area contributed by atoms with Gasteiger partial charge in [-0.1, -0.05) is 45.9 Å². The normalized spacial score (nSPS) is 15.1. The summed E-state index contributed by atoms with van der Waals surface area (Å²) in [5, 5.41) is 3.19. The number of aromatic nitrogens is 2. The SMILES string of the molecule is Cc1cc(=O)[nH]c(N2CCN(CC(=O)Nc3c(C(C)C)cccc3C(C)C)CC2)n1. The van der Waals surface area contributed by atoms with Gasteiger partial charge in [-0.15, -0.1) is 0 Å². The van der Waals surface area contributed by atoms with Crippen molar-refractivity contribution in [2.24, 2.45) is 0 Å². The summed E-state index contributed by atoms with van der Waals surface area (Å²) in [6, 6.07) is 7.76. The molecule has 0 atom stereocenters. The van der Waals surface area contributed by atoms with E-state index in [9.17, 15) is 9.59 Å². The van der Waals surface area contributed by atoms with Crippen LogP contribution in [0, 0.1) is 6.92 Å². The third kappa shape index (κ3) is 5.27. The minimum Gasteiger partial charge on any atom is -0.340 e. The maximum atomic E-state index is 12.8. The van der Waals surface area contributed by atoms with Gasteiger partial charge in [-0.3, -0.25) is 19.5 Å². The summed E-state index contributed by atoms with van der Waals surface area (Å²) in [4.78, 5) is 36.0. The number of H-pyrrole nitrogens is 1. The number of nitrogens with zero attached hydrogens (tertiary/aromatic N) is 3. The zero-order valence-electron chi connectivity index (χ0n) is 18.7. The van der Waals surface area contributed by atoms with E-state index in [1.54, 1.807) is 0 Å². The van der Waals surface area contributed by atoms with Crippen LogP contribution in [0.15, 0.2) is 29.1 Å². The number of hydrogen-bond acceptors (Lipinski definition) is 5. The average molecular weight is 412 g/mol. The number of carbonyl (C=O) groups excluding carboxylic acids is 1. The summed E-state index contributed by atoms with van der Waals surface area (Å²) in [5.41, 5.74) is 3.89. The van der Waals surface area contributed by atoms with Gasteiger partial charge in [0.1, 0.15) is 0 Å². The number of para-hydroxylation sites is 1. The molecule has 0 radical (unpaired) electrons. The Kier molecular flexibility index (Phi) is 6.92. The number of nitrogens with one attached hydrogen (secondary N) is 2. The van der Waals surface area contributed by atoms with Gasteiger partial charge in [0.2, 0.25) is 11.9 Å². The number of aryl methyl sites for hydroxylation is 1. The first-order valence-corrected chi connectivity index (χ1v) is 10.7. The van der Waals surface area contributed by atoms with E-state index in [1.165, 1.54) is 17.2 Å². The molecule has 0 saturated carbocycles. The minimum atomic E-state index is -0.135. The van der Waals surface area contributed by atoms with Crippen LogP contribution in [-0.4, -0.2) is 53.5 Å². The lowest BCUT2D eigenvalue weighted by Gasteiger charge is -2.34. The van der Waals surface area contributed by atoms with Crippen molar-refractivity contribution < 1.29 is 4.79 Å². The molecule has 1 aromatic carbocycles. The Morgan fingerprint density at radius 3 is 2.23 bits per heavy atom. The smallest absolute Gasteiger partial charge is 0.252 e. The van der Waals surface area contributed by atoms with Gasteiger partial charge in [0.25, 0.3) is 5.56 Å². The molecule has 1 aromatic heterocycles.